The van der Waals surface area contributed by atoms with Crippen molar-refractivity contribution in [2.45, 2.75) is 39.7 Å². The van der Waals surface area contributed by atoms with Crippen molar-refractivity contribution >= 4 is 5.91 Å². The van der Waals surface area contributed by atoms with E-state index in [2.05, 4.69) is 23.7 Å². The van der Waals surface area contributed by atoms with Crippen LogP contribution in [0.1, 0.15) is 38.8 Å². The summed E-state index contributed by atoms with van der Waals surface area (Å²) in [5, 5.41) is 0. The second-order valence-electron chi connectivity index (χ2n) is 8.40. The minimum atomic E-state index is 0.202. The Morgan fingerprint density at radius 2 is 2.11 bits per heavy atom. The Labute approximate surface area is 164 Å². The Hall–Kier alpha value is -1.46. The molecule has 5 heteroatoms. The van der Waals surface area contributed by atoms with E-state index in [4.69, 9.17) is 4.74 Å². The highest BCUT2D eigenvalue weighted by Gasteiger charge is 2.41. The first kappa shape index (κ1) is 20.3. The van der Waals surface area contributed by atoms with Crippen LogP contribution in [0, 0.1) is 23.7 Å². The first-order chi connectivity index (χ1) is 13.1. The summed E-state index contributed by atoms with van der Waals surface area (Å²) in [7, 11) is 1.88. The smallest absolute Gasteiger partial charge is 0.223 e. The highest BCUT2D eigenvalue weighted by molar-refractivity contribution is 5.76. The minimum Gasteiger partial charge on any atom is -0.381 e. The van der Waals surface area contributed by atoms with Crippen LogP contribution in [0.3, 0.4) is 0 Å². The summed E-state index contributed by atoms with van der Waals surface area (Å²) in [5.41, 5.74) is 0.934. The van der Waals surface area contributed by atoms with Crippen LogP contribution in [-0.2, 0) is 16.1 Å². The number of nitrogens with zero attached hydrogens (tertiary/aromatic N) is 3. The molecule has 150 valence electrons. The van der Waals surface area contributed by atoms with Crippen molar-refractivity contribution in [3.63, 3.8) is 0 Å². The molecule has 0 spiro atoms. The van der Waals surface area contributed by atoms with E-state index in [0.717, 1.165) is 37.9 Å². The van der Waals surface area contributed by atoms with Crippen LogP contribution in [0.4, 0.5) is 0 Å². The first-order valence-corrected chi connectivity index (χ1v) is 10.5. The number of hydrogen-bond donors (Lipinski definition) is 0. The first-order valence-electron chi connectivity index (χ1n) is 10.5. The van der Waals surface area contributed by atoms with Crippen LogP contribution < -0.4 is 0 Å². The van der Waals surface area contributed by atoms with E-state index in [1.54, 1.807) is 6.20 Å². The molecule has 2 aliphatic heterocycles. The third-order valence-corrected chi connectivity index (χ3v) is 6.50. The molecule has 1 aromatic rings. The van der Waals surface area contributed by atoms with Crippen molar-refractivity contribution in [1.82, 2.24) is 14.8 Å². The molecule has 5 nitrogen and oxygen atoms in total. The van der Waals surface area contributed by atoms with Crippen LogP contribution in [0.15, 0.2) is 24.4 Å². The number of aromatic nitrogens is 1. The molecule has 3 rings (SSSR count). The van der Waals surface area contributed by atoms with Gasteiger partial charge in [-0.05, 0) is 35.8 Å². The fourth-order valence-electron chi connectivity index (χ4n) is 4.67. The summed E-state index contributed by atoms with van der Waals surface area (Å²) in [6.07, 6.45) is 4.86. The standard InChI is InChI=1S/C22H35N3O2/c1-4-17(5-2)11-25-12-19-16-27-15-18(21(19)14-25)10-22(26)24(3)13-20-8-6-7-9-23-20/h6-9,17-19,21H,4-5,10-16H2,1-3H3/t18-,19-,21+/m1/s1. The predicted octanol–water partition coefficient (Wildman–Crippen LogP) is 3.06. The Bertz CT molecular complexity index is 590. The quantitative estimate of drug-likeness (QED) is 0.703. The molecule has 0 aromatic carbocycles. The lowest BCUT2D eigenvalue weighted by Gasteiger charge is -2.33. The van der Waals surface area contributed by atoms with Gasteiger partial charge in [-0.15, -0.1) is 0 Å². The van der Waals surface area contributed by atoms with Crippen LogP contribution in [0.2, 0.25) is 0 Å². The Kier molecular flexibility index (Phi) is 7.25. The highest BCUT2D eigenvalue weighted by atomic mass is 16.5. The van der Waals surface area contributed by atoms with E-state index in [1.165, 1.54) is 19.4 Å². The van der Waals surface area contributed by atoms with E-state index in [0.29, 0.717) is 30.7 Å². The molecular weight excluding hydrogens is 338 g/mol. The number of carbonyl (C=O) groups is 1. The molecule has 0 bridgehead atoms. The molecule has 2 aliphatic rings. The van der Waals surface area contributed by atoms with E-state index in [9.17, 15) is 4.79 Å². The van der Waals surface area contributed by atoms with Crippen molar-refractivity contribution in [1.29, 1.82) is 0 Å². The second kappa shape index (κ2) is 9.65. The van der Waals surface area contributed by atoms with Gasteiger partial charge in [-0.1, -0.05) is 32.8 Å². The molecule has 0 radical (unpaired) electrons. The lowest BCUT2D eigenvalue weighted by Crippen LogP contribution is -2.38. The molecule has 2 saturated heterocycles. The van der Waals surface area contributed by atoms with Crippen molar-refractivity contribution in [2.75, 3.05) is 39.9 Å². The second-order valence-corrected chi connectivity index (χ2v) is 8.40. The molecule has 27 heavy (non-hydrogen) atoms. The fraction of sp³-hybridized carbons (Fsp3) is 0.727. The van der Waals surface area contributed by atoms with Crippen molar-refractivity contribution in [3.05, 3.63) is 30.1 Å². The van der Waals surface area contributed by atoms with Crippen LogP contribution >= 0.6 is 0 Å². The normalized spacial score (nSPS) is 25.6. The summed E-state index contributed by atoms with van der Waals surface area (Å²) >= 11 is 0. The van der Waals surface area contributed by atoms with Gasteiger partial charge in [0.15, 0.2) is 0 Å². The zero-order chi connectivity index (χ0) is 19.2. The molecule has 2 fully saturated rings. The molecule has 0 aliphatic carbocycles. The van der Waals surface area contributed by atoms with Crippen molar-refractivity contribution in [2.24, 2.45) is 23.7 Å². The maximum Gasteiger partial charge on any atom is 0.223 e. The van der Waals surface area contributed by atoms with Gasteiger partial charge in [0, 0.05) is 39.3 Å². The maximum atomic E-state index is 12.8. The van der Waals surface area contributed by atoms with Crippen molar-refractivity contribution in [3.8, 4) is 0 Å². The number of amides is 1. The maximum absolute atomic E-state index is 12.8. The van der Waals surface area contributed by atoms with Gasteiger partial charge in [-0.25, -0.2) is 0 Å². The third kappa shape index (κ3) is 5.29. The number of ether oxygens (including phenoxy) is 1. The van der Waals surface area contributed by atoms with E-state index < -0.39 is 0 Å². The summed E-state index contributed by atoms with van der Waals surface area (Å²) in [6, 6.07) is 5.84. The topological polar surface area (TPSA) is 45.7 Å². The lowest BCUT2D eigenvalue weighted by molar-refractivity contribution is -0.134. The molecule has 0 unspecified atom stereocenters. The number of likely N-dealkylation sites (tertiary alicyclic amines) is 1. The molecular formula is C22H35N3O2. The van der Waals surface area contributed by atoms with Crippen molar-refractivity contribution < 1.29 is 9.53 Å². The number of pyridine rings is 1. The lowest BCUT2D eigenvalue weighted by atomic mass is 9.81. The zero-order valence-electron chi connectivity index (χ0n) is 17.1. The molecule has 3 heterocycles. The molecule has 0 saturated carbocycles. The Morgan fingerprint density at radius 1 is 1.30 bits per heavy atom. The van der Waals surface area contributed by atoms with E-state index >= 15 is 0 Å². The average molecular weight is 374 g/mol. The third-order valence-electron chi connectivity index (χ3n) is 6.50. The number of hydrogen-bond acceptors (Lipinski definition) is 4. The number of fused-ring (bicyclic) bond motifs is 1. The van der Waals surface area contributed by atoms with Gasteiger partial charge >= 0.3 is 0 Å². The van der Waals surface area contributed by atoms with Gasteiger partial charge in [0.05, 0.1) is 25.5 Å². The fourth-order valence-corrected chi connectivity index (χ4v) is 4.67. The molecule has 0 N–H and O–H groups in total. The van der Waals surface area contributed by atoms with Gasteiger partial charge in [0.1, 0.15) is 0 Å². The van der Waals surface area contributed by atoms with Crippen LogP contribution in [0.5, 0.6) is 0 Å². The van der Waals surface area contributed by atoms with Gasteiger partial charge in [0.25, 0.3) is 0 Å². The number of carbonyl (C=O) groups excluding carboxylic acids is 1. The summed E-state index contributed by atoms with van der Waals surface area (Å²) in [5.74, 6) is 2.52. The Morgan fingerprint density at radius 3 is 2.81 bits per heavy atom. The van der Waals surface area contributed by atoms with Crippen LogP contribution in [0.25, 0.3) is 0 Å². The van der Waals surface area contributed by atoms with Crippen LogP contribution in [-0.4, -0.2) is 60.6 Å². The van der Waals surface area contributed by atoms with Gasteiger partial charge in [-0.2, -0.15) is 0 Å². The molecule has 3 atom stereocenters. The highest BCUT2D eigenvalue weighted by Crippen LogP contribution is 2.36. The molecule has 1 amide bonds. The monoisotopic (exact) mass is 373 g/mol. The zero-order valence-corrected chi connectivity index (χ0v) is 17.1. The summed E-state index contributed by atoms with van der Waals surface area (Å²) < 4.78 is 5.89. The van der Waals surface area contributed by atoms with Gasteiger partial charge < -0.3 is 14.5 Å². The van der Waals surface area contributed by atoms with E-state index in [-0.39, 0.29) is 5.91 Å². The van der Waals surface area contributed by atoms with E-state index in [1.807, 2.05) is 30.1 Å². The van der Waals surface area contributed by atoms with Gasteiger partial charge in [-0.3, -0.25) is 9.78 Å². The SMILES string of the molecule is CCC(CC)CN1C[C@@H]2COC[C@@H](CC(=O)N(C)Cc3ccccn3)[C@@H]2C1. The minimum absolute atomic E-state index is 0.202. The predicted molar refractivity (Wildman–Crippen MR) is 107 cm³/mol. The number of rotatable bonds is 8. The summed E-state index contributed by atoms with van der Waals surface area (Å²) in [4.78, 5) is 21.5. The molecule has 1 aromatic heterocycles. The summed E-state index contributed by atoms with van der Waals surface area (Å²) in [6.45, 7) is 10.2. The van der Waals surface area contributed by atoms with Gasteiger partial charge in [0.2, 0.25) is 5.91 Å². The Balaban J connectivity index is 1.54. The largest absolute Gasteiger partial charge is 0.381 e. The average Bonchev–Trinajstić information content (AvgIpc) is 3.10.